The lowest BCUT2D eigenvalue weighted by Crippen LogP contribution is -2.31. The number of hydrogen-bond donors (Lipinski definition) is 1. The van der Waals surface area contributed by atoms with E-state index < -0.39 is 0 Å². The zero-order valence-corrected chi connectivity index (χ0v) is 12.4. The number of amides is 1. The van der Waals surface area contributed by atoms with Crippen LogP contribution in [-0.4, -0.2) is 19.6 Å². The molecule has 0 atom stereocenters. The first-order chi connectivity index (χ1) is 10.1. The Hall–Kier alpha value is -2.33. The van der Waals surface area contributed by atoms with Crippen LogP contribution in [0.15, 0.2) is 48.5 Å². The number of carbonyl (C=O) groups excluding carboxylic acids is 1. The van der Waals surface area contributed by atoms with E-state index in [1.807, 2.05) is 55.5 Å². The third kappa shape index (κ3) is 3.61. The highest BCUT2D eigenvalue weighted by atomic mass is 16.5. The molecule has 0 aliphatic rings. The molecule has 4 heteroatoms. The number of carbonyl (C=O) groups is 1. The fourth-order valence-electron chi connectivity index (χ4n) is 2.12. The Labute approximate surface area is 125 Å². The molecule has 0 unspecified atom stereocenters. The molecule has 2 aromatic carbocycles. The molecule has 2 aromatic rings. The van der Waals surface area contributed by atoms with Crippen LogP contribution in [0.25, 0.3) is 0 Å². The topological polar surface area (TPSA) is 55.6 Å². The van der Waals surface area contributed by atoms with E-state index in [1.165, 1.54) is 0 Å². The van der Waals surface area contributed by atoms with Crippen molar-refractivity contribution in [3.63, 3.8) is 0 Å². The van der Waals surface area contributed by atoms with Crippen LogP contribution in [0.2, 0.25) is 0 Å². The number of likely N-dealkylation sites (N-methyl/N-ethyl adjacent to an activating group) is 1. The maximum Gasteiger partial charge on any atom is 0.264 e. The smallest absolute Gasteiger partial charge is 0.264 e. The first-order valence-corrected chi connectivity index (χ1v) is 6.86. The van der Waals surface area contributed by atoms with Gasteiger partial charge in [0.1, 0.15) is 5.75 Å². The first kappa shape index (κ1) is 15.1. The lowest BCUT2D eigenvalue weighted by Gasteiger charge is -2.20. The molecule has 0 aromatic heterocycles. The second kappa shape index (κ2) is 6.90. The van der Waals surface area contributed by atoms with Crippen LogP contribution in [-0.2, 0) is 11.3 Å². The average Bonchev–Trinajstić information content (AvgIpc) is 2.52. The zero-order valence-electron chi connectivity index (χ0n) is 12.4. The molecule has 0 aliphatic carbocycles. The van der Waals surface area contributed by atoms with Gasteiger partial charge in [0, 0.05) is 24.8 Å². The van der Waals surface area contributed by atoms with Crippen LogP contribution in [0.5, 0.6) is 5.75 Å². The van der Waals surface area contributed by atoms with Crippen LogP contribution in [0.4, 0.5) is 5.69 Å². The Bertz CT molecular complexity index is 626. The van der Waals surface area contributed by atoms with Crippen molar-refractivity contribution >= 4 is 11.6 Å². The van der Waals surface area contributed by atoms with E-state index in [4.69, 9.17) is 10.5 Å². The summed E-state index contributed by atoms with van der Waals surface area (Å²) in [4.78, 5) is 13.8. The molecule has 0 saturated carbocycles. The van der Waals surface area contributed by atoms with E-state index in [9.17, 15) is 4.79 Å². The molecule has 21 heavy (non-hydrogen) atoms. The molecule has 2 rings (SSSR count). The van der Waals surface area contributed by atoms with Gasteiger partial charge in [0.15, 0.2) is 6.61 Å². The van der Waals surface area contributed by atoms with Crippen molar-refractivity contribution in [2.45, 2.75) is 13.5 Å². The summed E-state index contributed by atoms with van der Waals surface area (Å²) >= 11 is 0. The number of nitrogens with zero attached hydrogens (tertiary/aromatic N) is 1. The van der Waals surface area contributed by atoms with Crippen LogP contribution in [0.1, 0.15) is 11.1 Å². The first-order valence-electron chi connectivity index (χ1n) is 6.86. The average molecular weight is 284 g/mol. The Balaban J connectivity index is 2.03. The second-order valence-corrected chi connectivity index (χ2v) is 4.84. The summed E-state index contributed by atoms with van der Waals surface area (Å²) in [6.07, 6.45) is 0. The van der Waals surface area contributed by atoms with E-state index in [0.717, 1.165) is 16.8 Å². The SMILES string of the molecule is Cc1ccccc1N(C)C(=O)COc1ccccc1CN. The van der Waals surface area contributed by atoms with Crippen LogP contribution in [0, 0.1) is 6.92 Å². The van der Waals surface area contributed by atoms with E-state index in [-0.39, 0.29) is 12.5 Å². The molecule has 2 N–H and O–H groups in total. The molecule has 4 nitrogen and oxygen atoms in total. The lowest BCUT2D eigenvalue weighted by molar-refractivity contribution is -0.120. The Kier molecular flexibility index (Phi) is 4.95. The van der Waals surface area contributed by atoms with Gasteiger partial charge in [-0.15, -0.1) is 0 Å². The van der Waals surface area contributed by atoms with Crippen molar-refractivity contribution in [3.05, 3.63) is 59.7 Å². The summed E-state index contributed by atoms with van der Waals surface area (Å²) < 4.78 is 5.60. The van der Waals surface area contributed by atoms with Crippen LogP contribution in [0.3, 0.4) is 0 Å². The standard InChI is InChI=1S/C17H20N2O2/c1-13-7-3-5-9-15(13)19(2)17(20)12-21-16-10-6-4-8-14(16)11-18/h3-10H,11-12,18H2,1-2H3. The minimum absolute atomic E-state index is 0.0121. The predicted molar refractivity (Wildman–Crippen MR) is 84.4 cm³/mol. The highest BCUT2D eigenvalue weighted by Gasteiger charge is 2.14. The van der Waals surface area contributed by atoms with E-state index in [2.05, 4.69) is 0 Å². The van der Waals surface area contributed by atoms with Gasteiger partial charge < -0.3 is 15.4 Å². The summed E-state index contributed by atoms with van der Waals surface area (Å²) in [5.41, 5.74) is 8.48. The van der Waals surface area contributed by atoms with Gasteiger partial charge in [-0.2, -0.15) is 0 Å². The number of nitrogens with two attached hydrogens (primary N) is 1. The van der Waals surface area contributed by atoms with Gasteiger partial charge in [0.25, 0.3) is 5.91 Å². The van der Waals surface area contributed by atoms with Gasteiger partial charge in [-0.05, 0) is 24.6 Å². The van der Waals surface area contributed by atoms with Gasteiger partial charge >= 0.3 is 0 Å². The third-order valence-electron chi connectivity index (χ3n) is 3.39. The molecule has 110 valence electrons. The maximum atomic E-state index is 12.2. The summed E-state index contributed by atoms with van der Waals surface area (Å²) in [6.45, 7) is 2.35. The number of anilines is 1. The Morgan fingerprint density at radius 3 is 2.52 bits per heavy atom. The quantitative estimate of drug-likeness (QED) is 0.917. The van der Waals surface area contributed by atoms with Gasteiger partial charge in [-0.1, -0.05) is 36.4 Å². The number of para-hydroxylation sites is 2. The number of hydrogen-bond acceptors (Lipinski definition) is 3. The third-order valence-corrected chi connectivity index (χ3v) is 3.39. The van der Waals surface area contributed by atoms with E-state index in [0.29, 0.717) is 12.3 Å². The minimum Gasteiger partial charge on any atom is -0.483 e. The fraction of sp³-hybridized carbons (Fsp3) is 0.235. The number of benzene rings is 2. The van der Waals surface area contributed by atoms with Crippen LogP contribution < -0.4 is 15.4 Å². The van der Waals surface area contributed by atoms with Gasteiger partial charge in [0.05, 0.1) is 0 Å². The normalized spacial score (nSPS) is 10.2. The highest BCUT2D eigenvalue weighted by molar-refractivity contribution is 5.94. The van der Waals surface area contributed by atoms with Crippen molar-refractivity contribution in [1.29, 1.82) is 0 Å². The van der Waals surface area contributed by atoms with Crippen molar-refractivity contribution in [2.24, 2.45) is 5.73 Å². The fourth-order valence-corrected chi connectivity index (χ4v) is 2.12. The van der Waals surface area contributed by atoms with E-state index in [1.54, 1.807) is 11.9 Å². The highest BCUT2D eigenvalue weighted by Crippen LogP contribution is 2.20. The lowest BCUT2D eigenvalue weighted by atomic mass is 10.2. The monoisotopic (exact) mass is 284 g/mol. The summed E-state index contributed by atoms with van der Waals surface area (Å²) in [5.74, 6) is 0.558. The van der Waals surface area contributed by atoms with E-state index >= 15 is 0 Å². The molecule has 0 fully saturated rings. The summed E-state index contributed by atoms with van der Waals surface area (Å²) in [7, 11) is 1.75. The molecule has 0 aliphatic heterocycles. The van der Waals surface area contributed by atoms with Crippen molar-refractivity contribution in [1.82, 2.24) is 0 Å². The van der Waals surface area contributed by atoms with Gasteiger partial charge in [0.2, 0.25) is 0 Å². The second-order valence-electron chi connectivity index (χ2n) is 4.84. The Morgan fingerprint density at radius 2 is 1.81 bits per heavy atom. The number of rotatable bonds is 5. The molecule has 1 amide bonds. The van der Waals surface area contributed by atoms with Crippen LogP contribution >= 0.6 is 0 Å². The molecule has 0 spiro atoms. The predicted octanol–water partition coefficient (Wildman–Crippen LogP) is 2.50. The van der Waals surface area contributed by atoms with Gasteiger partial charge in [-0.3, -0.25) is 4.79 Å². The molecular formula is C17H20N2O2. The minimum atomic E-state index is -0.101. The summed E-state index contributed by atoms with van der Waals surface area (Å²) in [5, 5.41) is 0. The van der Waals surface area contributed by atoms with Gasteiger partial charge in [-0.25, -0.2) is 0 Å². The largest absolute Gasteiger partial charge is 0.483 e. The maximum absolute atomic E-state index is 12.2. The molecule has 0 bridgehead atoms. The molecular weight excluding hydrogens is 264 g/mol. The van der Waals surface area contributed by atoms with Crippen molar-refractivity contribution in [3.8, 4) is 5.75 Å². The Morgan fingerprint density at radius 1 is 1.14 bits per heavy atom. The molecule has 0 saturated heterocycles. The summed E-state index contributed by atoms with van der Waals surface area (Å²) in [6, 6.07) is 15.2. The van der Waals surface area contributed by atoms with Crippen molar-refractivity contribution in [2.75, 3.05) is 18.6 Å². The number of ether oxygens (including phenoxy) is 1. The van der Waals surface area contributed by atoms with Crippen molar-refractivity contribution < 1.29 is 9.53 Å². The number of aryl methyl sites for hydroxylation is 1. The molecule has 0 heterocycles. The molecule has 0 radical (unpaired) electrons. The zero-order chi connectivity index (χ0) is 15.2.